The van der Waals surface area contributed by atoms with Crippen LogP contribution in [0.1, 0.15) is 29.4 Å². The van der Waals surface area contributed by atoms with Gasteiger partial charge in [-0.3, -0.25) is 4.79 Å². The smallest absolute Gasteiger partial charge is 0.254 e. The van der Waals surface area contributed by atoms with Crippen molar-refractivity contribution in [3.63, 3.8) is 0 Å². The van der Waals surface area contributed by atoms with Crippen LogP contribution in [-0.4, -0.2) is 39.9 Å². The summed E-state index contributed by atoms with van der Waals surface area (Å²) in [6, 6.07) is 0. The highest BCUT2D eigenvalue weighted by Crippen LogP contribution is 2.30. The molecule has 0 bridgehead atoms. The molecule has 0 spiro atoms. The van der Waals surface area contributed by atoms with E-state index in [4.69, 9.17) is 0 Å². The molecule has 1 aromatic rings. The monoisotopic (exact) mass is 254 g/mol. The highest BCUT2D eigenvalue weighted by Gasteiger charge is 2.27. The normalized spacial score (nSPS) is 19.2. The zero-order valence-electron chi connectivity index (χ0n) is 9.93. The molecule has 3 heterocycles. The molecule has 2 aliphatic rings. The molecule has 6 heteroatoms. The first-order valence-electron chi connectivity index (χ1n) is 5.52. The van der Waals surface area contributed by atoms with Crippen molar-refractivity contribution in [1.82, 2.24) is 14.7 Å². The molecule has 2 aliphatic heterocycles. The lowest BCUT2D eigenvalue weighted by Crippen LogP contribution is -2.26. The Morgan fingerprint density at radius 1 is 1.35 bits per heavy atom. The standard InChI is InChI=1S/C11H14N4O.ClH/c1-7-5-10(16)15-11(12-7)8-6-14(2)4-3-9(8)13-15;/h3-6H2,1-2H3;1H. The highest BCUT2D eigenvalue weighted by molar-refractivity contribution is 6.05. The van der Waals surface area contributed by atoms with Crippen molar-refractivity contribution in [1.29, 1.82) is 0 Å². The van der Waals surface area contributed by atoms with E-state index in [-0.39, 0.29) is 18.3 Å². The summed E-state index contributed by atoms with van der Waals surface area (Å²) < 4.78 is 1.48. The van der Waals surface area contributed by atoms with Gasteiger partial charge in [0.05, 0.1) is 12.1 Å². The fourth-order valence-corrected chi connectivity index (χ4v) is 2.30. The Bertz CT molecular complexity index is 506. The van der Waals surface area contributed by atoms with Crippen molar-refractivity contribution < 1.29 is 4.79 Å². The molecule has 5 nitrogen and oxygen atoms in total. The first kappa shape index (κ1) is 12.3. The fraction of sp³-hybridized carbons (Fsp3) is 0.545. The van der Waals surface area contributed by atoms with Crippen LogP contribution in [0.15, 0.2) is 4.99 Å². The second kappa shape index (κ2) is 4.23. The van der Waals surface area contributed by atoms with Crippen molar-refractivity contribution in [3.05, 3.63) is 11.3 Å². The molecule has 0 saturated heterocycles. The predicted molar refractivity (Wildman–Crippen MR) is 67.5 cm³/mol. The van der Waals surface area contributed by atoms with E-state index in [1.165, 1.54) is 4.68 Å². The number of aromatic nitrogens is 2. The topological polar surface area (TPSA) is 50.5 Å². The average Bonchev–Trinajstić information content (AvgIpc) is 2.57. The third kappa shape index (κ3) is 1.89. The predicted octanol–water partition coefficient (Wildman–Crippen LogP) is 1.43. The maximum absolute atomic E-state index is 11.8. The average molecular weight is 255 g/mol. The van der Waals surface area contributed by atoms with Gasteiger partial charge in [-0.05, 0) is 14.0 Å². The number of carbonyl (C=O) groups is 1. The van der Waals surface area contributed by atoms with Crippen LogP contribution in [0.3, 0.4) is 0 Å². The maximum Gasteiger partial charge on any atom is 0.254 e. The molecule has 0 unspecified atom stereocenters. The summed E-state index contributed by atoms with van der Waals surface area (Å²) in [7, 11) is 2.08. The first-order valence-corrected chi connectivity index (χ1v) is 5.52. The molecule has 0 atom stereocenters. The van der Waals surface area contributed by atoms with Gasteiger partial charge >= 0.3 is 0 Å². The summed E-state index contributed by atoms with van der Waals surface area (Å²) in [5.41, 5.74) is 3.05. The van der Waals surface area contributed by atoms with E-state index < -0.39 is 0 Å². The lowest BCUT2D eigenvalue weighted by Gasteiger charge is -2.21. The Morgan fingerprint density at radius 2 is 2.12 bits per heavy atom. The van der Waals surface area contributed by atoms with Gasteiger partial charge in [-0.15, -0.1) is 12.4 Å². The minimum Gasteiger partial charge on any atom is -0.302 e. The highest BCUT2D eigenvalue weighted by atomic mass is 35.5. The molecule has 0 radical (unpaired) electrons. The van der Waals surface area contributed by atoms with Crippen LogP contribution >= 0.6 is 12.4 Å². The number of carbonyl (C=O) groups excluding carboxylic acids is 1. The molecule has 0 saturated carbocycles. The summed E-state index contributed by atoms with van der Waals surface area (Å²) in [5.74, 6) is 0.801. The summed E-state index contributed by atoms with van der Waals surface area (Å²) in [5, 5.41) is 4.37. The van der Waals surface area contributed by atoms with E-state index in [0.29, 0.717) is 6.42 Å². The molecular formula is C11H15ClN4O. The van der Waals surface area contributed by atoms with Gasteiger partial charge in [0.1, 0.15) is 0 Å². The molecule has 1 aromatic heterocycles. The Labute approximate surface area is 106 Å². The van der Waals surface area contributed by atoms with Gasteiger partial charge in [0.15, 0.2) is 5.82 Å². The maximum atomic E-state index is 11.8. The van der Waals surface area contributed by atoms with Gasteiger partial charge in [-0.25, -0.2) is 4.99 Å². The first-order chi connectivity index (χ1) is 7.65. The third-order valence-electron chi connectivity index (χ3n) is 3.14. The van der Waals surface area contributed by atoms with Crippen LogP contribution in [-0.2, 0) is 13.0 Å². The van der Waals surface area contributed by atoms with Crippen LogP contribution in [0.25, 0.3) is 0 Å². The summed E-state index contributed by atoms with van der Waals surface area (Å²) in [4.78, 5) is 18.5. The van der Waals surface area contributed by atoms with Crippen LogP contribution in [0.4, 0.5) is 5.82 Å². The van der Waals surface area contributed by atoms with Crippen LogP contribution in [0, 0.1) is 0 Å². The van der Waals surface area contributed by atoms with Gasteiger partial charge in [0.25, 0.3) is 5.91 Å². The van der Waals surface area contributed by atoms with Gasteiger partial charge in [0, 0.05) is 30.8 Å². The molecule has 0 amide bonds. The molecule has 3 rings (SSSR count). The van der Waals surface area contributed by atoms with Crippen LogP contribution in [0.5, 0.6) is 0 Å². The fourth-order valence-electron chi connectivity index (χ4n) is 2.30. The number of likely N-dealkylation sites (N-methyl/N-ethyl adjacent to an activating group) is 1. The summed E-state index contributed by atoms with van der Waals surface area (Å²) in [6.07, 6.45) is 1.30. The Morgan fingerprint density at radius 3 is 2.88 bits per heavy atom. The second-order valence-electron chi connectivity index (χ2n) is 4.57. The molecule has 0 aromatic carbocycles. The number of aliphatic imine (C=N–C) groups is 1. The molecule has 0 fully saturated rings. The summed E-state index contributed by atoms with van der Waals surface area (Å²) >= 11 is 0. The second-order valence-corrected chi connectivity index (χ2v) is 4.57. The van der Waals surface area contributed by atoms with Gasteiger partial charge < -0.3 is 4.90 Å². The van der Waals surface area contributed by atoms with E-state index >= 15 is 0 Å². The Hall–Kier alpha value is -1.20. The van der Waals surface area contributed by atoms with Gasteiger partial charge in [-0.2, -0.15) is 9.78 Å². The number of fused-ring (bicyclic) bond motifs is 3. The van der Waals surface area contributed by atoms with Crippen LogP contribution in [0.2, 0.25) is 0 Å². The van der Waals surface area contributed by atoms with E-state index in [2.05, 4.69) is 22.0 Å². The Balaban J connectivity index is 0.00000108. The minimum absolute atomic E-state index is 0. The lowest BCUT2D eigenvalue weighted by atomic mass is 10.1. The van der Waals surface area contributed by atoms with E-state index in [1.807, 2.05) is 6.92 Å². The van der Waals surface area contributed by atoms with Gasteiger partial charge in [-0.1, -0.05) is 0 Å². The van der Waals surface area contributed by atoms with Crippen molar-refractivity contribution in [3.8, 4) is 0 Å². The van der Waals surface area contributed by atoms with Crippen molar-refractivity contribution in [2.24, 2.45) is 4.99 Å². The van der Waals surface area contributed by atoms with E-state index in [0.717, 1.165) is 42.3 Å². The molecular weight excluding hydrogens is 240 g/mol. The molecule has 17 heavy (non-hydrogen) atoms. The van der Waals surface area contributed by atoms with E-state index in [9.17, 15) is 4.79 Å². The van der Waals surface area contributed by atoms with E-state index in [1.54, 1.807) is 0 Å². The van der Waals surface area contributed by atoms with Crippen molar-refractivity contribution >= 4 is 29.8 Å². The number of halogens is 1. The van der Waals surface area contributed by atoms with Crippen LogP contribution < -0.4 is 0 Å². The number of hydrogen-bond acceptors (Lipinski definition) is 4. The largest absolute Gasteiger partial charge is 0.302 e. The van der Waals surface area contributed by atoms with Crippen molar-refractivity contribution in [2.45, 2.75) is 26.3 Å². The zero-order valence-corrected chi connectivity index (χ0v) is 10.8. The zero-order chi connectivity index (χ0) is 11.3. The number of nitrogens with zero attached hydrogens (tertiary/aromatic N) is 4. The molecule has 0 aliphatic carbocycles. The van der Waals surface area contributed by atoms with Crippen molar-refractivity contribution in [2.75, 3.05) is 13.6 Å². The lowest BCUT2D eigenvalue weighted by molar-refractivity contribution is 0.0905. The third-order valence-corrected chi connectivity index (χ3v) is 3.14. The minimum atomic E-state index is 0. The molecule has 92 valence electrons. The van der Waals surface area contributed by atoms with Gasteiger partial charge in [0.2, 0.25) is 0 Å². The number of rotatable bonds is 0. The Kier molecular flexibility index (Phi) is 3.05. The quantitative estimate of drug-likeness (QED) is 0.704. The molecule has 0 N–H and O–H groups in total. The summed E-state index contributed by atoms with van der Waals surface area (Å²) in [6.45, 7) is 3.74. The number of hydrogen-bond donors (Lipinski definition) is 0. The SMILES string of the molecule is CC1=Nc2c3c(nn2C(=O)C1)CCN(C)C3.Cl.